The van der Waals surface area contributed by atoms with Crippen LogP contribution in [0.25, 0.3) is 16.5 Å². The molecule has 3 N–H and O–H groups in total. The van der Waals surface area contributed by atoms with Crippen molar-refractivity contribution in [1.29, 1.82) is 0 Å². The van der Waals surface area contributed by atoms with E-state index in [9.17, 15) is 19.8 Å². The third kappa shape index (κ3) is 4.52. The number of ketones is 1. The van der Waals surface area contributed by atoms with E-state index in [1.54, 1.807) is 0 Å². The molecule has 9 atom stereocenters. The first-order valence-electron chi connectivity index (χ1n) is 20.1. The summed E-state index contributed by atoms with van der Waals surface area (Å²) >= 11 is 0. The SMILES string of the molecule is C=C(C)[C@H]1C(=O)c2c3c(cc4c5c(n1c24)[C@@]1(C)C(CC[C@H]2[C@](C)(/C=C/CC(=O)Nc4ccccc4)[C@@H](O)CC[C@@]21C)C5)C1=CC(C)(C)OC(C)(C)C1[C@@H]3O. The Bertz CT molecular complexity index is 2220. The van der Waals surface area contributed by atoms with Gasteiger partial charge in [0.2, 0.25) is 5.91 Å². The maximum Gasteiger partial charge on any atom is 0.228 e. The summed E-state index contributed by atoms with van der Waals surface area (Å²) in [7, 11) is 0. The Kier molecular flexibility index (Phi) is 7.57. The van der Waals surface area contributed by atoms with E-state index in [0.29, 0.717) is 17.9 Å². The highest BCUT2D eigenvalue weighted by atomic mass is 16.5. The molecule has 2 unspecified atom stereocenters. The Balaban J connectivity index is 1.18. The number of allylic oxidation sites excluding steroid dienone is 1. The topological polar surface area (TPSA) is 101 Å². The molecule has 6 aliphatic rings. The number of carbonyl (C=O) groups excluding carboxylic acids is 2. The Labute approximate surface area is 319 Å². The second kappa shape index (κ2) is 11.4. The number of hydrogen-bond donors (Lipinski definition) is 3. The van der Waals surface area contributed by atoms with Crippen molar-refractivity contribution >= 4 is 33.9 Å². The average Bonchev–Trinajstić information content (AvgIpc) is 3.76. The number of Topliss-reactive ketones (excluding diaryl/α,β-unsaturated/α-hetero) is 1. The fourth-order valence-electron chi connectivity index (χ4n) is 13.3. The van der Waals surface area contributed by atoms with Gasteiger partial charge in [-0.1, -0.05) is 63.3 Å². The predicted molar refractivity (Wildman–Crippen MR) is 213 cm³/mol. The number of aliphatic hydroxyl groups is 2. The van der Waals surface area contributed by atoms with E-state index in [0.717, 1.165) is 64.5 Å². The number of fused-ring (bicyclic) bond motifs is 11. The zero-order chi connectivity index (χ0) is 38.5. The highest BCUT2D eigenvalue weighted by molar-refractivity contribution is 6.18. The van der Waals surface area contributed by atoms with Crippen molar-refractivity contribution in [3.05, 3.63) is 94.7 Å². The lowest BCUT2D eigenvalue weighted by Gasteiger charge is -2.64. The number of hydrogen-bond acceptors (Lipinski definition) is 5. The summed E-state index contributed by atoms with van der Waals surface area (Å²) in [5.41, 5.74) is 6.48. The molecule has 4 aliphatic carbocycles. The van der Waals surface area contributed by atoms with Crippen LogP contribution in [-0.4, -0.2) is 43.8 Å². The van der Waals surface area contributed by atoms with Gasteiger partial charge in [0, 0.05) is 45.5 Å². The van der Waals surface area contributed by atoms with Crippen molar-refractivity contribution in [2.45, 2.75) is 129 Å². The summed E-state index contributed by atoms with van der Waals surface area (Å²) in [4.78, 5) is 27.9. The fourth-order valence-corrected chi connectivity index (χ4v) is 13.3. The molecule has 1 aromatic heterocycles. The Morgan fingerprint density at radius 1 is 1.06 bits per heavy atom. The van der Waals surface area contributed by atoms with E-state index < -0.39 is 34.9 Å². The van der Waals surface area contributed by atoms with Crippen LogP contribution in [0.5, 0.6) is 0 Å². The highest BCUT2D eigenvalue weighted by Gasteiger charge is 2.67. The van der Waals surface area contributed by atoms with Crippen LogP contribution in [0.2, 0.25) is 0 Å². The lowest BCUT2D eigenvalue weighted by Crippen LogP contribution is -2.62. The molecule has 2 fully saturated rings. The number of benzene rings is 2. The zero-order valence-electron chi connectivity index (χ0n) is 33.2. The molecular formula is C47H56N2O5. The molecule has 0 bridgehead atoms. The first-order chi connectivity index (χ1) is 25.4. The van der Waals surface area contributed by atoms with E-state index in [1.165, 1.54) is 11.3 Å². The van der Waals surface area contributed by atoms with Gasteiger partial charge in [0.15, 0.2) is 5.78 Å². The molecule has 0 saturated heterocycles. The molecule has 54 heavy (non-hydrogen) atoms. The standard InChI is InChI=1S/C47H56N2O5/c1-25(2)38-41(53)36-35-28(31-24-43(3,4)54-44(5,6)37(31)40(35)52)23-29-30-22-26-17-18-32-45(7,20-13-16-34(51)48-27-14-11-10-12-15-27)33(50)19-21-46(32,8)47(26,9)42(30)49(38)39(29)36/h10-15,20,23-24,26,32-33,37-38,40,50,52H,1,16-19,21-22H2,2-9H3,(H,48,51)/b20-13+/t26?,32-,33-,37?,38-,40+,45-,46-,47+/m0/s1. The van der Waals surface area contributed by atoms with Gasteiger partial charge in [0.05, 0.1) is 34.5 Å². The monoisotopic (exact) mass is 728 g/mol. The van der Waals surface area contributed by atoms with Crippen LogP contribution >= 0.6 is 0 Å². The molecule has 2 aliphatic heterocycles. The van der Waals surface area contributed by atoms with Gasteiger partial charge in [-0.3, -0.25) is 9.59 Å². The van der Waals surface area contributed by atoms with Gasteiger partial charge in [0.25, 0.3) is 0 Å². The molecule has 0 spiro atoms. The Hall–Kier alpha value is -3.78. The summed E-state index contributed by atoms with van der Waals surface area (Å²) in [6.45, 7) is 21.7. The maximum absolute atomic E-state index is 14.9. The highest BCUT2D eigenvalue weighted by Crippen LogP contribution is 2.71. The van der Waals surface area contributed by atoms with E-state index in [-0.39, 0.29) is 40.8 Å². The summed E-state index contributed by atoms with van der Waals surface area (Å²) < 4.78 is 8.90. The molecule has 3 heterocycles. The van der Waals surface area contributed by atoms with Crippen LogP contribution < -0.4 is 5.32 Å². The molecule has 0 radical (unpaired) electrons. The van der Waals surface area contributed by atoms with Crippen LogP contribution in [0.3, 0.4) is 0 Å². The summed E-state index contributed by atoms with van der Waals surface area (Å²) in [6, 6.07) is 11.3. The normalized spacial score (nSPS) is 36.7. The van der Waals surface area contributed by atoms with Gasteiger partial charge >= 0.3 is 0 Å². The van der Waals surface area contributed by atoms with Crippen molar-refractivity contribution in [2.24, 2.45) is 28.6 Å². The van der Waals surface area contributed by atoms with Crippen molar-refractivity contribution in [1.82, 2.24) is 4.57 Å². The van der Waals surface area contributed by atoms with Crippen molar-refractivity contribution < 1.29 is 24.5 Å². The molecule has 1 amide bonds. The molecule has 3 aromatic rings. The van der Waals surface area contributed by atoms with Crippen LogP contribution in [0.4, 0.5) is 5.69 Å². The lowest BCUT2D eigenvalue weighted by atomic mass is 9.40. The largest absolute Gasteiger partial charge is 0.392 e. The summed E-state index contributed by atoms with van der Waals surface area (Å²) in [5, 5.41) is 28.1. The van der Waals surface area contributed by atoms with Gasteiger partial charge in [0.1, 0.15) is 6.04 Å². The second-order valence-corrected chi connectivity index (χ2v) is 19.3. The number of para-hydroxylation sites is 1. The van der Waals surface area contributed by atoms with E-state index in [4.69, 9.17) is 4.74 Å². The van der Waals surface area contributed by atoms with E-state index >= 15 is 0 Å². The number of carbonyl (C=O) groups is 2. The number of anilines is 1. The van der Waals surface area contributed by atoms with Crippen molar-refractivity contribution in [2.75, 3.05) is 5.32 Å². The first-order valence-corrected chi connectivity index (χ1v) is 20.1. The minimum atomic E-state index is -0.857. The lowest BCUT2D eigenvalue weighted by molar-refractivity contribution is -0.145. The predicted octanol–water partition coefficient (Wildman–Crippen LogP) is 9.18. The van der Waals surface area contributed by atoms with Crippen molar-refractivity contribution in [3.8, 4) is 0 Å². The Morgan fingerprint density at radius 3 is 2.48 bits per heavy atom. The van der Waals surface area contributed by atoms with Crippen LogP contribution in [0.1, 0.15) is 132 Å². The molecule has 7 nitrogen and oxygen atoms in total. The van der Waals surface area contributed by atoms with Crippen LogP contribution in [0, 0.1) is 28.6 Å². The quantitative estimate of drug-likeness (QED) is 0.228. The van der Waals surface area contributed by atoms with Gasteiger partial charge in [-0.25, -0.2) is 0 Å². The first kappa shape index (κ1) is 35.9. The number of ether oxygens (including phenoxy) is 1. The Morgan fingerprint density at radius 2 is 1.78 bits per heavy atom. The third-order valence-corrected chi connectivity index (χ3v) is 15.5. The summed E-state index contributed by atoms with van der Waals surface area (Å²) in [5.74, 6) is 0.221. The number of nitrogens with one attached hydrogen (secondary N) is 1. The third-order valence-electron chi connectivity index (χ3n) is 15.5. The number of nitrogens with zero attached hydrogens (tertiary/aromatic N) is 1. The van der Waals surface area contributed by atoms with Gasteiger partial charge in [-0.05, 0) is 125 Å². The van der Waals surface area contributed by atoms with Gasteiger partial charge in [-0.15, -0.1) is 0 Å². The number of amides is 1. The minimum absolute atomic E-state index is 0.0311. The van der Waals surface area contributed by atoms with Crippen LogP contribution in [-0.2, 0) is 21.4 Å². The van der Waals surface area contributed by atoms with Crippen LogP contribution in [0.15, 0.2) is 66.8 Å². The maximum atomic E-state index is 14.9. The number of aromatic nitrogens is 1. The van der Waals surface area contributed by atoms with Gasteiger partial charge < -0.3 is 24.8 Å². The average molecular weight is 729 g/mol. The number of rotatable bonds is 5. The smallest absolute Gasteiger partial charge is 0.228 e. The van der Waals surface area contributed by atoms with Crippen molar-refractivity contribution in [3.63, 3.8) is 0 Å². The minimum Gasteiger partial charge on any atom is -0.392 e. The fraction of sp³-hybridized carbons (Fsp3) is 0.532. The van der Waals surface area contributed by atoms with Gasteiger partial charge in [-0.2, -0.15) is 0 Å². The van der Waals surface area contributed by atoms with E-state index in [1.807, 2.05) is 43.3 Å². The molecule has 2 aromatic carbocycles. The number of aliphatic hydroxyl groups excluding tert-OH is 2. The molecule has 284 valence electrons. The molecule has 2 saturated carbocycles. The molecule has 7 heteroatoms. The van der Waals surface area contributed by atoms with E-state index in [2.05, 4.69) is 83.1 Å². The molecular weight excluding hydrogens is 673 g/mol. The molecule has 9 rings (SSSR count). The zero-order valence-corrected chi connectivity index (χ0v) is 33.2. The second-order valence-electron chi connectivity index (χ2n) is 19.3. The summed E-state index contributed by atoms with van der Waals surface area (Å²) in [6.07, 6.45) is 9.61.